The van der Waals surface area contributed by atoms with Crippen molar-refractivity contribution in [3.63, 3.8) is 0 Å². The summed E-state index contributed by atoms with van der Waals surface area (Å²) in [7, 11) is 0. The van der Waals surface area contributed by atoms with E-state index in [1.54, 1.807) is 13.1 Å². The molecule has 0 amide bonds. The molecule has 3 N–H and O–H groups in total. The number of fused-ring (bicyclic) bond motifs is 1. The van der Waals surface area contributed by atoms with Crippen LogP contribution < -0.4 is 0 Å². The van der Waals surface area contributed by atoms with E-state index in [1.165, 1.54) is 17.8 Å². The maximum Gasteiger partial charge on any atom is 0.199 e. The summed E-state index contributed by atoms with van der Waals surface area (Å²) < 4.78 is 7.04. The van der Waals surface area contributed by atoms with E-state index in [0.717, 1.165) is 0 Å². The number of terminal acetylenes is 1. The van der Waals surface area contributed by atoms with Crippen molar-refractivity contribution in [2.75, 3.05) is 0 Å². The van der Waals surface area contributed by atoms with Gasteiger partial charge in [0.2, 0.25) is 0 Å². The standard InChI is InChI=1S/C14H16N4O4/c1-4-14(21)11(20)10(7(2)19)22-13(14)18-6-16-9-5-15-8(3)17-12(9)18/h1,5-7,10-11,13,19-21H,2-3H3/t7-,10+,11-,13+,14?/m0/s1. The third-order valence-electron chi connectivity index (χ3n) is 3.82. The van der Waals surface area contributed by atoms with E-state index in [0.29, 0.717) is 17.0 Å². The Morgan fingerprint density at radius 2 is 2.23 bits per heavy atom. The maximum atomic E-state index is 10.6. The summed E-state index contributed by atoms with van der Waals surface area (Å²) in [4.78, 5) is 12.4. The van der Waals surface area contributed by atoms with Gasteiger partial charge in [-0.05, 0) is 13.8 Å². The van der Waals surface area contributed by atoms with Gasteiger partial charge in [0.1, 0.15) is 23.5 Å². The number of ether oxygens (including phenoxy) is 1. The Morgan fingerprint density at radius 1 is 1.50 bits per heavy atom. The molecule has 3 rings (SSSR count). The summed E-state index contributed by atoms with van der Waals surface area (Å²) in [6.45, 7) is 3.17. The van der Waals surface area contributed by atoms with Gasteiger partial charge in [-0.3, -0.25) is 4.57 Å². The number of aryl methyl sites for hydroxylation is 1. The fourth-order valence-corrected chi connectivity index (χ4v) is 2.62. The molecular formula is C14H16N4O4. The van der Waals surface area contributed by atoms with E-state index in [2.05, 4.69) is 20.9 Å². The lowest BCUT2D eigenvalue weighted by atomic mass is 9.93. The molecule has 0 radical (unpaired) electrons. The van der Waals surface area contributed by atoms with Crippen LogP contribution in [-0.2, 0) is 4.74 Å². The summed E-state index contributed by atoms with van der Waals surface area (Å²) in [5.74, 6) is 2.69. The Kier molecular flexibility index (Phi) is 3.38. The second kappa shape index (κ2) is 5.00. The fourth-order valence-electron chi connectivity index (χ4n) is 2.62. The number of imidazole rings is 1. The van der Waals surface area contributed by atoms with Crippen molar-refractivity contribution in [2.24, 2.45) is 0 Å². The van der Waals surface area contributed by atoms with Crippen LogP contribution in [0, 0.1) is 19.3 Å². The molecule has 1 fully saturated rings. The third-order valence-corrected chi connectivity index (χ3v) is 3.82. The highest BCUT2D eigenvalue weighted by molar-refractivity contribution is 5.69. The molecule has 0 aromatic carbocycles. The first kappa shape index (κ1) is 14.9. The van der Waals surface area contributed by atoms with Gasteiger partial charge in [-0.25, -0.2) is 15.0 Å². The number of nitrogens with zero attached hydrogens (tertiary/aromatic N) is 4. The second-order valence-electron chi connectivity index (χ2n) is 5.39. The first-order chi connectivity index (χ1) is 10.4. The average Bonchev–Trinajstić information content (AvgIpc) is 2.99. The monoisotopic (exact) mass is 304 g/mol. The quantitative estimate of drug-likeness (QED) is 0.618. The number of hydrogen-bond acceptors (Lipinski definition) is 7. The predicted molar refractivity (Wildman–Crippen MR) is 75.4 cm³/mol. The minimum absolute atomic E-state index is 0.421. The van der Waals surface area contributed by atoms with Crippen LogP contribution in [0.1, 0.15) is 19.0 Å². The Hall–Kier alpha value is -2.05. The molecule has 2 aromatic rings. The number of hydrogen-bond donors (Lipinski definition) is 3. The van der Waals surface area contributed by atoms with E-state index in [9.17, 15) is 15.3 Å². The number of aliphatic hydroxyl groups excluding tert-OH is 2. The van der Waals surface area contributed by atoms with Crippen LogP contribution in [-0.4, -0.2) is 58.8 Å². The van der Waals surface area contributed by atoms with Crippen molar-refractivity contribution in [1.82, 2.24) is 19.5 Å². The molecule has 0 spiro atoms. The summed E-state index contributed by atoms with van der Waals surface area (Å²) in [5, 5.41) is 30.6. The molecular weight excluding hydrogens is 288 g/mol. The van der Waals surface area contributed by atoms with Crippen LogP contribution in [0.4, 0.5) is 0 Å². The van der Waals surface area contributed by atoms with E-state index < -0.39 is 30.1 Å². The van der Waals surface area contributed by atoms with Gasteiger partial charge < -0.3 is 20.1 Å². The van der Waals surface area contributed by atoms with Gasteiger partial charge in [-0.2, -0.15) is 0 Å². The highest BCUT2D eigenvalue weighted by Crippen LogP contribution is 2.40. The smallest absolute Gasteiger partial charge is 0.199 e. The van der Waals surface area contributed by atoms with Crippen molar-refractivity contribution in [3.05, 3.63) is 18.3 Å². The van der Waals surface area contributed by atoms with Gasteiger partial charge >= 0.3 is 0 Å². The molecule has 116 valence electrons. The van der Waals surface area contributed by atoms with Gasteiger partial charge in [0.25, 0.3) is 0 Å². The molecule has 1 aliphatic rings. The van der Waals surface area contributed by atoms with Gasteiger partial charge in [-0.1, -0.05) is 5.92 Å². The van der Waals surface area contributed by atoms with Crippen LogP contribution >= 0.6 is 0 Å². The molecule has 8 heteroatoms. The maximum absolute atomic E-state index is 10.6. The molecule has 5 atom stereocenters. The molecule has 2 aromatic heterocycles. The zero-order valence-corrected chi connectivity index (χ0v) is 12.1. The van der Waals surface area contributed by atoms with Gasteiger partial charge in [-0.15, -0.1) is 6.42 Å². The van der Waals surface area contributed by atoms with Crippen LogP contribution in [0.25, 0.3) is 11.2 Å². The van der Waals surface area contributed by atoms with Crippen molar-refractivity contribution in [3.8, 4) is 12.3 Å². The number of aromatic nitrogens is 4. The van der Waals surface area contributed by atoms with Crippen LogP contribution in [0.3, 0.4) is 0 Å². The number of rotatable bonds is 2. The Labute approximate surface area is 126 Å². The van der Waals surface area contributed by atoms with Gasteiger partial charge in [0.05, 0.1) is 18.6 Å². The first-order valence-corrected chi connectivity index (χ1v) is 6.76. The lowest BCUT2D eigenvalue weighted by Gasteiger charge is -2.26. The highest BCUT2D eigenvalue weighted by Gasteiger charge is 2.57. The molecule has 1 unspecified atom stereocenters. The molecule has 22 heavy (non-hydrogen) atoms. The van der Waals surface area contributed by atoms with Crippen molar-refractivity contribution in [2.45, 2.75) is 44.0 Å². The molecule has 0 bridgehead atoms. The van der Waals surface area contributed by atoms with E-state index in [1.807, 2.05) is 0 Å². The lowest BCUT2D eigenvalue weighted by Crippen LogP contribution is -2.47. The van der Waals surface area contributed by atoms with Crippen molar-refractivity contribution in [1.29, 1.82) is 0 Å². The summed E-state index contributed by atoms with van der Waals surface area (Å²) in [6.07, 6.45) is 3.76. The number of aliphatic hydroxyl groups is 3. The summed E-state index contributed by atoms with van der Waals surface area (Å²) in [6, 6.07) is 0. The van der Waals surface area contributed by atoms with Crippen LogP contribution in [0.15, 0.2) is 12.5 Å². The van der Waals surface area contributed by atoms with E-state index in [4.69, 9.17) is 11.2 Å². The van der Waals surface area contributed by atoms with E-state index in [-0.39, 0.29) is 0 Å². The van der Waals surface area contributed by atoms with E-state index >= 15 is 0 Å². The minimum Gasteiger partial charge on any atom is -0.391 e. The average molecular weight is 304 g/mol. The topological polar surface area (TPSA) is 114 Å². The summed E-state index contributed by atoms with van der Waals surface area (Å²) in [5.41, 5.74) is -1.08. The Morgan fingerprint density at radius 3 is 2.86 bits per heavy atom. The molecule has 8 nitrogen and oxygen atoms in total. The SMILES string of the molecule is C#CC1(O)[C@@H](O)[C@@H]([C@H](C)O)O[C@H]1n1cnc2cnc(C)nc21. The lowest BCUT2D eigenvalue weighted by molar-refractivity contribution is -0.0847. The van der Waals surface area contributed by atoms with Crippen LogP contribution in [0.5, 0.6) is 0 Å². The predicted octanol–water partition coefficient (Wildman–Crippen LogP) is -0.862. The Bertz CT molecular complexity index is 753. The van der Waals surface area contributed by atoms with Crippen LogP contribution in [0.2, 0.25) is 0 Å². The fraction of sp³-hybridized carbons (Fsp3) is 0.500. The molecule has 3 heterocycles. The molecule has 0 aliphatic carbocycles. The van der Waals surface area contributed by atoms with Gasteiger partial charge in [0.15, 0.2) is 17.5 Å². The zero-order valence-electron chi connectivity index (χ0n) is 12.1. The molecule has 1 aliphatic heterocycles. The molecule has 1 saturated heterocycles. The minimum atomic E-state index is -2.01. The Balaban J connectivity index is 2.13. The van der Waals surface area contributed by atoms with Gasteiger partial charge in [0, 0.05) is 0 Å². The van der Waals surface area contributed by atoms with Crippen molar-refractivity contribution >= 4 is 11.2 Å². The zero-order chi connectivity index (χ0) is 16.1. The second-order valence-corrected chi connectivity index (χ2v) is 5.39. The molecule has 0 saturated carbocycles. The third kappa shape index (κ3) is 1.99. The van der Waals surface area contributed by atoms with Crippen molar-refractivity contribution < 1.29 is 20.1 Å². The first-order valence-electron chi connectivity index (χ1n) is 6.76. The summed E-state index contributed by atoms with van der Waals surface area (Å²) >= 11 is 0. The normalized spacial score (nSPS) is 33.0. The largest absolute Gasteiger partial charge is 0.391 e. The highest BCUT2D eigenvalue weighted by atomic mass is 16.6.